The molecule has 4 aromatic carbocycles. The quantitative estimate of drug-likeness (QED) is 0.384. The predicted molar refractivity (Wildman–Crippen MR) is 130 cm³/mol. The summed E-state index contributed by atoms with van der Waals surface area (Å²) < 4.78 is 5.67. The maximum absolute atomic E-state index is 5.67. The predicted octanol–water partition coefficient (Wildman–Crippen LogP) is 6.49. The average molecular weight is 409 g/mol. The summed E-state index contributed by atoms with van der Waals surface area (Å²) in [5.74, 6) is 0.918. The fourth-order valence-electron chi connectivity index (χ4n) is 4.68. The number of anilines is 2. The number of nitrogens with zero attached hydrogens (tertiary/aromatic N) is 2. The van der Waals surface area contributed by atoms with Crippen molar-refractivity contribution in [1.29, 1.82) is 0 Å². The van der Waals surface area contributed by atoms with E-state index in [0.717, 1.165) is 24.2 Å². The van der Waals surface area contributed by atoms with Crippen molar-refractivity contribution >= 4 is 22.1 Å². The molecule has 0 amide bonds. The number of aryl methyl sites for hydroxylation is 2. The molecule has 1 heterocycles. The highest BCUT2D eigenvalue weighted by atomic mass is 16.5. The molecule has 4 aromatic rings. The van der Waals surface area contributed by atoms with Gasteiger partial charge >= 0.3 is 0 Å². The molecule has 0 spiro atoms. The van der Waals surface area contributed by atoms with E-state index < -0.39 is 0 Å². The first-order valence-corrected chi connectivity index (χ1v) is 10.9. The summed E-state index contributed by atoms with van der Waals surface area (Å²) in [6, 6.07) is 30.7. The van der Waals surface area contributed by atoms with Gasteiger partial charge in [-0.2, -0.15) is 0 Å². The Morgan fingerprint density at radius 3 is 1.68 bits per heavy atom. The van der Waals surface area contributed by atoms with Gasteiger partial charge in [-0.15, -0.1) is 0 Å². The maximum atomic E-state index is 5.67. The molecule has 0 saturated carbocycles. The Kier molecular flexibility index (Phi) is 5.03. The van der Waals surface area contributed by atoms with Crippen molar-refractivity contribution < 1.29 is 4.74 Å². The summed E-state index contributed by atoms with van der Waals surface area (Å²) in [6.45, 7) is 6.23. The third-order valence-electron chi connectivity index (χ3n) is 6.32. The van der Waals surface area contributed by atoms with E-state index >= 15 is 0 Å². The van der Waals surface area contributed by atoms with Crippen LogP contribution in [0.5, 0.6) is 5.75 Å². The molecule has 0 radical (unpaired) electrons. The highest BCUT2D eigenvalue weighted by Gasteiger charge is 2.35. The lowest BCUT2D eigenvalue weighted by molar-refractivity contribution is 0.419. The van der Waals surface area contributed by atoms with Gasteiger partial charge in [-0.1, -0.05) is 65.7 Å². The smallest absolute Gasteiger partial charge is 0.129 e. The second kappa shape index (κ2) is 7.99. The van der Waals surface area contributed by atoms with Gasteiger partial charge in [-0.25, -0.2) is 0 Å². The zero-order valence-corrected chi connectivity index (χ0v) is 18.4. The zero-order chi connectivity index (χ0) is 21.4. The fraction of sp³-hybridized carbons (Fsp3) is 0.214. The van der Waals surface area contributed by atoms with Crippen LogP contribution < -0.4 is 14.5 Å². The Hall–Kier alpha value is -3.46. The standard InChI is InChI=1S/C28H28N2O/c1-20-8-12-22(13-9-20)29-18-19-30(23-14-10-21(2)11-15-23)28(29)26-16-17-27(31-3)25-7-5-4-6-24(25)26/h4-17,28H,18-19H2,1-3H3. The van der Waals surface area contributed by atoms with Crippen LogP contribution >= 0.6 is 0 Å². The van der Waals surface area contributed by atoms with E-state index in [1.807, 2.05) is 0 Å². The van der Waals surface area contributed by atoms with E-state index in [2.05, 4.69) is 109 Å². The molecular formula is C28H28N2O. The van der Waals surface area contributed by atoms with Crippen LogP contribution in [0.4, 0.5) is 11.4 Å². The molecule has 1 aliphatic rings. The number of ether oxygens (including phenoxy) is 1. The molecular weight excluding hydrogens is 380 g/mol. The number of hydrogen-bond donors (Lipinski definition) is 0. The Morgan fingerprint density at radius 2 is 1.16 bits per heavy atom. The lowest BCUT2D eigenvalue weighted by Crippen LogP contribution is -2.31. The second-order valence-corrected chi connectivity index (χ2v) is 8.33. The zero-order valence-electron chi connectivity index (χ0n) is 18.4. The molecule has 1 fully saturated rings. The maximum Gasteiger partial charge on any atom is 0.129 e. The Labute approximate surface area is 184 Å². The van der Waals surface area contributed by atoms with Crippen LogP contribution in [-0.4, -0.2) is 20.2 Å². The largest absolute Gasteiger partial charge is 0.496 e. The van der Waals surface area contributed by atoms with Crippen LogP contribution in [0.1, 0.15) is 22.9 Å². The summed E-state index contributed by atoms with van der Waals surface area (Å²) in [5, 5.41) is 2.39. The highest BCUT2D eigenvalue weighted by Crippen LogP contribution is 2.42. The van der Waals surface area contributed by atoms with Crippen LogP contribution in [-0.2, 0) is 0 Å². The van der Waals surface area contributed by atoms with Gasteiger partial charge in [-0.05, 0) is 49.6 Å². The highest BCUT2D eigenvalue weighted by molar-refractivity contribution is 5.92. The molecule has 156 valence electrons. The monoisotopic (exact) mass is 408 g/mol. The molecule has 0 atom stereocenters. The number of hydrogen-bond acceptors (Lipinski definition) is 3. The van der Waals surface area contributed by atoms with Crippen LogP contribution in [0.3, 0.4) is 0 Å². The molecule has 0 N–H and O–H groups in total. The van der Waals surface area contributed by atoms with E-state index in [1.54, 1.807) is 7.11 Å². The Morgan fingerprint density at radius 1 is 0.645 bits per heavy atom. The summed E-state index contributed by atoms with van der Waals surface area (Å²) in [6.07, 6.45) is 0.112. The lowest BCUT2D eigenvalue weighted by atomic mass is 10.00. The number of methoxy groups -OCH3 is 1. The Balaban J connectivity index is 1.68. The number of rotatable bonds is 4. The average Bonchev–Trinajstić information content (AvgIpc) is 3.24. The van der Waals surface area contributed by atoms with E-state index in [9.17, 15) is 0 Å². The first-order valence-electron chi connectivity index (χ1n) is 10.9. The molecule has 31 heavy (non-hydrogen) atoms. The van der Waals surface area contributed by atoms with Gasteiger partial charge in [0.1, 0.15) is 11.9 Å². The number of fused-ring (bicyclic) bond motifs is 1. The molecule has 0 unspecified atom stereocenters. The SMILES string of the molecule is COc1ccc(C2N(c3ccc(C)cc3)CCN2c2ccc(C)cc2)c2ccccc12. The molecule has 5 rings (SSSR count). The van der Waals surface area contributed by atoms with Crippen molar-refractivity contribution in [2.45, 2.75) is 20.0 Å². The minimum absolute atomic E-state index is 0.112. The van der Waals surface area contributed by atoms with Crippen molar-refractivity contribution in [1.82, 2.24) is 0 Å². The van der Waals surface area contributed by atoms with Crippen LogP contribution in [0.25, 0.3) is 10.8 Å². The van der Waals surface area contributed by atoms with Crippen molar-refractivity contribution in [3.05, 3.63) is 102 Å². The summed E-state index contributed by atoms with van der Waals surface area (Å²) in [4.78, 5) is 5.04. The van der Waals surface area contributed by atoms with Gasteiger partial charge in [0, 0.05) is 35.4 Å². The van der Waals surface area contributed by atoms with E-state index in [4.69, 9.17) is 4.74 Å². The van der Waals surface area contributed by atoms with Gasteiger partial charge in [0.2, 0.25) is 0 Å². The van der Waals surface area contributed by atoms with E-state index in [-0.39, 0.29) is 6.17 Å². The van der Waals surface area contributed by atoms with Crippen LogP contribution in [0.15, 0.2) is 84.9 Å². The molecule has 3 heteroatoms. The molecule has 0 aromatic heterocycles. The summed E-state index contributed by atoms with van der Waals surface area (Å²) >= 11 is 0. The van der Waals surface area contributed by atoms with Crippen molar-refractivity contribution in [2.75, 3.05) is 30.0 Å². The first kappa shape index (κ1) is 19.5. The Bertz CT molecular complexity index is 1140. The van der Waals surface area contributed by atoms with Crippen molar-refractivity contribution in [3.63, 3.8) is 0 Å². The van der Waals surface area contributed by atoms with Crippen LogP contribution in [0, 0.1) is 13.8 Å². The lowest BCUT2D eigenvalue weighted by Gasteiger charge is -2.34. The third kappa shape index (κ3) is 3.50. The fourth-order valence-corrected chi connectivity index (χ4v) is 4.68. The van der Waals surface area contributed by atoms with E-state index in [1.165, 1.54) is 33.5 Å². The third-order valence-corrected chi connectivity index (χ3v) is 6.32. The molecule has 0 bridgehead atoms. The summed E-state index contributed by atoms with van der Waals surface area (Å²) in [7, 11) is 1.74. The van der Waals surface area contributed by atoms with Crippen molar-refractivity contribution in [2.24, 2.45) is 0 Å². The molecule has 3 nitrogen and oxygen atoms in total. The second-order valence-electron chi connectivity index (χ2n) is 8.33. The molecule has 1 aliphatic heterocycles. The van der Waals surface area contributed by atoms with Gasteiger partial charge < -0.3 is 14.5 Å². The van der Waals surface area contributed by atoms with Gasteiger partial charge in [0.25, 0.3) is 0 Å². The summed E-state index contributed by atoms with van der Waals surface area (Å²) in [5.41, 5.74) is 6.37. The van der Waals surface area contributed by atoms with Crippen molar-refractivity contribution in [3.8, 4) is 5.75 Å². The molecule has 0 aliphatic carbocycles. The van der Waals surface area contributed by atoms with E-state index in [0.29, 0.717) is 0 Å². The van der Waals surface area contributed by atoms with Gasteiger partial charge in [0.15, 0.2) is 0 Å². The topological polar surface area (TPSA) is 15.7 Å². The normalized spacial score (nSPS) is 14.4. The van der Waals surface area contributed by atoms with Crippen LogP contribution in [0.2, 0.25) is 0 Å². The molecule has 1 saturated heterocycles. The minimum atomic E-state index is 0.112. The van der Waals surface area contributed by atoms with Gasteiger partial charge in [0.05, 0.1) is 7.11 Å². The van der Waals surface area contributed by atoms with Gasteiger partial charge in [-0.3, -0.25) is 0 Å². The first-order chi connectivity index (χ1) is 15.2. The number of benzene rings is 4. The minimum Gasteiger partial charge on any atom is -0.496 e.